The van der Waals surface area contributed by atoms with Crippen molar-refractivity contribution in [3.05, 3.63) is 30.2 Å². The molecule has 1 unspecified atom stereocenters. The molecule has 5 rings (SSSR count). The van der Waals surface area contributed by atoms with Gasteiger partial charge >= 0.3 is 0 Å². The molecule has 0 aromatic carbocycles. The van der Waals surface area contributed by atoms with Crippen molar-refractivity contribution in [1.29, 1.82) is 0 Å². The van der Waals surface area contributed by atoms with Gasteiger partial charge in [-0.1, -0.05) is 6.42 Å². The molecule has 2 saturated carbocycles. The second-order valence-electron chi connectivity index (χ2n) is 6.78. The van der Waals surface area contributed by atoms with E-state index in [-0.39, 0.29) is 5.25 Å². The van der Waals surface area contributed by atoms with Crippen molar-refractivity contribution in [1.82, 2.24) is 15.0 Å². The van der Waals surface area contributed by atoms with Crippen LogP contribution in [0, 0.1) is 0 Å². The average Bonchev–Trinajstić information content (AvgIpc) is 3.37. The number of nitrogen functional groups attached to an aromatic ring is 1. The first kappa shape index (κ1) is 15.4. The van der Waals surface area contributed by atoms with Gasteiger partial charge in [-0.25, -0.2) is 9.97 Å². The summed E-state index contributed by atoms with van der Waals surface area (Å²) in [5.74, 6) is 1.13. The second kappa shape index (κ2) is 5.85. The Bertz CT molecular complexity index is 978. The molecule has 2 aliphatic carbocycles. The topological polar surface area (TPSA) is 81.8 Å². The maximum absolute atomic E-state index is 12.9. The first-order valence-corrected chi connectivity index (χ1v) is 10.7. The predicted octanol–water partition coefficient (Wildman–Crippen LogP) is 3.87. The molecule has 1 atom stereocenters. The number of fused-ring (bicyclic) bond motifs is 1. The molecule has 2 fully saturated rings. The van der Waals surface area contributed by atoms with Crippen molar-refractivity contribution in [2.45, 2.75) is 47.5 Å². The van der Waals surface area contributed by atoms with Crippen molar-refractivity contribution in [3.63, 3.8) is 0 Å². The van der Waals surface area contributed by atoms with E-state index in [0.717, 1.165) is 51.4 Å². The zero-order valence-corrected chi connectivity index (χ0v) is 15.3. The molecule has 0 amide bonds. The van der Waals surface area contributed by atoms with Gasteiger partial charge in [0.15, 0.2) is 5.82 Å². The molecule has 3 aromatic heterocycles. The third kappa shape index (κ3) is 2.57. The van der Waals surface area contributed by atoms with E-state index in [0.29, 0.717) is 17.4 Å². The van der Waals surface area contributed by atoms with E-state index in [2.05, 4.69) is 4.98 Å². The Hall–Kier alpha value is -1.86. The zero-order valence-electron chi connectivity index (χ0n) is 13.6. The molecule has 0 aliphatic heterocycles. The Morgan fingerprint density at radius 2 is 2.04 bits per heavy atom. The lowest BCUT2D eigenvalue weighted by molar-refractivity contribution is 0.505. The summed E-state index contributed by atoms with van der Waals surface area (Å²) in [7, 11) is -1.02. The monoisotopic (exact) mass is 370 g/mol. The maximum Gasteiger partial charge on any atom is 0.162 e. The molecule has 2 aliphatic rings. The fraction of sp³-hybridized carbons (Fsp3) is 0.389. The quantitative estimate of drug-likeness (QED) is 0.754. The van der Waals surface area contributed by atoms with Crippen LogP contribution in [0.15, 0.2) is 28.7 Å². The van der Waals surface area contributed by atoms with Crippen molar-refractivity contribution < 1.29 is 4.21 Å². The number of aromatic nitrogens is 3. The lowest BCUT2D eigenvalue weighted by atomic mass is 10.0. The Labute approximate surface area is 152 Å². The van der Waals surface area contributed by atoms with E-state index in [9.17, 15) is 4.21 Å². The summed E-state index contributed by atoms with van der Waals surface area (Å²) in [4.78, 5) is 14.6. The highest BCUT2D eigenvalue weighted by molar-refractivity contribution is 7.88. The van der Waals surface area contributed by atoms with Crippen LogP contribution < -0.4 is 5.73 Å². The van der Waals surface area contributed by atoms with E-state index in [1.54, 1.807) is 12.4 Å². The number of hydrogen-bond donors (Lipinski definition) is 1. The third-order valence-corrected chi connectivity index (χ3v) is 8.30. The summed E-state index contributed by atoms with van der Waals surface area (Å²) in [5.41, 5.74) is 9.01. The van der Waals surface area contributed by atoms with E-state index in [4.69, 9.17) is 15.7 Å². The highest BCUT2D eigenvalue weighted by atomic mass is 32.2. The fourth-order valence-corrected chi connectivity index (χ4v) is 6.38. The molecule has 5 nitrogen and oxygen atoms in total. The minimum Gasteiger partial charge on any atom is -0.396 e. The van der Waals surface area contributed by atoms with E-state index < -0.39 is 10.8 Å². The highest BCUT2D eigenvalue weighted by Gasteiger charge is 2.33. The van der Waals surface area contributed by atoms with Gasteiger partial charge in [-0.3, -0.25) is 9.19 Å². The van der Waals surface area contributed by atoms with Crippen LogP contribution in [0.1, 0.15) is 43.7 Å². The van der Waals surface area contributed by atoms with Crippen molar-refractivity contribution in [3.8, 4) is 11.4 Å². The van der Waals surface area contributed by atoms with Crippen LogP contribution in [-0.2, 0) is 10.8 Å². The molecule has 128 valence electrons. The van der Waals surface area contributed by atoms with Gasteiger partial charge in [0, 0.05) is 29.1 Å². The van der Waals surface area contributed by atoms with Gasteiger partial charge in [0.25, 0.3) is 0 Å². The number of hydrogen-bond acceptors (Lipinski definition) is 6. The normalized spacial score (nSPS) is 19.0. The number of nitrogens with zero attached hydrogens (tertiary/aromatic N) is 3. The van der Waals surface area contributed by atoms with Crippen LogP contribution in [0.5, 0.6) is 0 Å². The highest BCUT2D eigenvalue weighted by Crippen LogP contribution is 2.48. The van der Waals surface area contributed by atoms with Crippen molar-refractivity contribution >= 4 is 38.0 Å². The van der Waals surface area contributed by atoms with Gasteiger partial charge in [0.2, 0.25) is 0 Å². The standard InChI is InChI=1S/C18H18N4OS2/c19-14-13-15(10-6-7-10)21-16(11-3-2-8-20-9-11)22-17(13)24-18(14)25(23)12-4-1-5-12/h2-3,8-10,12H,1,4-7,19H2. The molecule has 0 bridgehead atoms. The maximum atomic E-state index is 12.9. The van der Waals surface area contributed by atoms with Crippen molar-refractivity contribution in [2.24, 2.45) is 0 Å². The molecule has 25 heavy (non-hydrogen) atoms. The van der Waals surface area contributed by atoms with Crippen LogP contribution >= 0.6 is 11.3 Å². The predicted molar refractivity (Wildman–Crippen MR) is 101 cm³/mol. The summed E-state index contributed by atoms with van der Waals surface area (Å²) in [6.07, 6.45) is 9.02. The van der Waals surface area contributed by atoms with Crippen LogP contribution in [0.2, 0.25) is 0 Å². The first-order valence-electron chi connectivity index (χ1n) is 8.63. The molecular formula is C18H18N4OS2. The smallest absolute Gasteiger partial charge is 0.162 e. The third-order valence-electron chi connectivity index (χ3n) is 5.00. The summed E-state index contributed by atoms with van der Waals surface area (Å²) in [6, 6.07) is 3.86. The summed E-state index contributed by atoms with van der Waals surface area (Å²) in [6.45, 7) is 0. The van der Waals surface area contributed by atoms with Gasteiger partial charge in [-0.15, -0.1) is 11.3 Å². The number of pyridine rings is 1. The summed E-state index contributed by atoms with van der Waals surface area (Å²) in [5, 5.41) is 1.19. The lowest BCUT2D eigenvalue weighted by Crippen LogP contribution is -2.23. The summed E-state index contributed by atoms with van der Waals surface area (Å²) < 4.78 is 13.6. The van der Waals surface area contributed by atoms with Crippen molar-refractivity contribution in [2.75, 3.05) is 5.73 Å². The Kier molecular flexibility index (Phi) is 3.60. The SMILES string of the molecule is Nc1c(S(=O)C2CCC2)sc2nc(-c3cccnc3)nc(C3CC3)c12. The van der Waals surface area contributed by atoms with E-state index in [1.165, 1.54) is 17.8 Å². The minimum absolute atomic E-state index is 0.255. The van der Waals surface area contributed by atoms with Gasteiger partial charge < -0.3 is 5.73 Å². The Morgan fingerprint density at radius 1 is 1.20 bits per heavy atom. The molecule has 0 spiro atoms. The number of anilines is 1. The Balaban J connectivity index is 1.69. The van der Waals surface area contributed by atoms with Crippen LogP contribution in [0.3, 0.4) is 0 Å². The van der Waals surface area contributed by atoms with Crippen LogP contribution in [0.4, 0.5) is 5.69 Å². The Morgan fingerprint density at radius 3 is 2.68 bits per heavy atom. The second-order valence-corrected chi connectivity index (χ2v) is 9.71. The summed E-state index contributed by atoms with van der Waals surface area (Å²) >= 11 is 1.48. The molecule has 3 heterocycles. The number of thiophene rings is 1. The van der Waals surface area contributed by atoms with E-state index in [1.807, 2.05) is 12.1 Å². The fourth-order valence-electron chi connectivity index (χ4n) is 3.19. The lowest BCUT2D eigenvalue weighted by Gasteiger charge is -2.23. The van der Waals surface area contributed by atoms with Crippen LogP contribution in [0.25, 0.3) is 21.6 Å². The average molecular weight is 371 g/mol. The van der Waals surface area contributed by atoms with Gasteiger partial charge in [0.1, 0.15) is 9.04 Å². The molecule has 0 radical (unpaired) electrons. The molecule has 3 aromatic rings. The number of nitrogens with two attached hydrogens (primary N) is 1. The van der Waals surface area contributed by atoms with Gasteiger partial charge in [0.05, 0.1) is 27.6 Å². The minimum atomic E-state index is -1.02. The van der Waals surface area contributed by atoms with Gasteiger partial charge in [-0.2, -0.15) is 0 Å². The van der Waals surface area contributed by atoms with Crippen LogP contribution in [-0.4, -0.2) is 24.4 Å². The molecule has 7 heteroatoms. The molecule has 0 saturated heterocycles. The van der Waals surface area contributed by atoms with E-state index >= 15 is 0 Å². The zero-order chi connectivity index (χ0) is 17.0. The molecule has 2 N–H and O–H groups in total. The molecular weight excluding hydrogens is 352 g/mol. The first-order chi connectivity index (χ1) is 12.2. The largest absolute Gasteiger partial charge is 0.396 e. The van der Waals surface area contributed by atoms with Gasteiger partial charge in [-0.05, 0) is 37.8 Å². The number of rotatable bonds is 4.